The minimum absolute atomic E-state index is 0.205. The highest BCUT2D eigenvalue weighted by Gasteiger charge is 2.10. The van der Waals surface area contributed by atoms with Crippen molar-refractivity contribution in [3.8, 4) is 11.6 Å². The van der Waals surface area contributed by atoms with Crippen LogP contribution in [-0.4, -0.2) is 24.2 Å². The number of nitrogens with two attached hydrogens (primary N) is 1. The van der Waals surface area contributed by atoms with E-state index in [-0.39, 0.29) is 6.04 Å². The molecular formula is C14H17N3O2. The highest BCUT2D eigenvalue weighted by atomic mass is 16.5. The van der Waals surface area contributed by atoms with Gasteiger partial charge in [0.05, 0.1) is 26.0 Å². The highest BCUT2D eigenvalue weighted by Crippen LogP contribution is 2.19. The summed E-state index contributed by atoms with van der Waals surface area (Å²) in [5, 5.41) is 0. The lowest BCUT2D eigenvalue weighted by molar-refractivity contribution is 0.395. The third-order valence-corrected chi connectivity index (χ3v) is 2.84. The summed E-state index contributed by atoms with van der Waals surface area (Å²) >= 11 is 0. The topological polar surface area (TPSA) is 70.3 Å². The smallest absolute Gasteiger partial charge is 0.216 e. The fourth-order valence-corrected chi connectivity index (χ4v) is 1.83. The Labute approximate surface area is 112 Å². The van der Waals surface area contributed by atoms with Crippen molar-refractivity contribution in [1.82, 2.24) is 9.97 Å². The molecule has 0 aliphatic heterocycles. The minimum atomic E-state index is -0.205. The maximum atomic E-state index is 6.16. The zero-order valence-electron chi connectivity index (χ0n) is 11.0. The largest absolute Gasteiger partial charge is 0.497 e. The first-order valence-corrected chi connectivity index (χ1v) is 5.97. The summed E-state index contributed by atoms with van der Waals surface area (Å²) in [6.45, 7) is 0. The summed E-state index contributed by atoms with van der Waals surface area (Å²) < 4.78 is 10.3. The number of benzene rings is 1. The molecule has 0 saturated carbocycles. The van der Waals surface area contributed by atoms with E-state index in [1.54, 1.807) is 20.3 Å². The lowest BCUT2D eigenvalue weighted by Crippen LogP contribution is -2.15. The molecule has 1 aromatic carbocycles. The van der Waals surface area contributed by atoms with Gasteiger partial charge in [-0.3, -0.25) is 0 Å². The van der Waals surface area contributed by atoms with Crippen molar-refractivity contribution in [3.05, 3.63) is 47.9 Å². The third-order valence-electron chi connectivity index (χ3n) is 2.84. The number of hydrogen-bond acceptors (Lipinski definition) is 5. The number of aromatic nitrogens is 2. The average Bonchev–Trinajstić information content (AvgIpc) is 2.47. The Hall–Kier alpha value is -2.14. The summed E-state index contributed by atoms with van der Waals surface area (Å²) in [4.78, 5) is 8.14. The Kier molecular flexibility index (Phi) is 4.30. The van der Waals surface area contributed by atoms with Crippen molar-refractivity contribution < 1.29 is 9.47 Å². The summed E-state index contributed by atoms with van der Waals surface area (Å²) in [6.07, 6.45) is 2.14. The molecule has 19 heavy (non-hydrogen) atoms. The summed E-state index contributed by atoms with van der Waals surface area (Å²) in [7, 11) is 3.22. The third kappa shape index (κ3) is 3.42. The summed E-state index contributed by atoms with van der Waals surface area (Å²) in [6, 6.07) is 9.39. The zero-order chi connectivity index (χ0) is 13.7. The Morgan fingerprint density at radius 2 is 2.00 bits per heavy atom. The van der Waals surface area contributed by atoms with E-state index in [0.717, 1.165) is 17.0 Å². The molecule has 0 aliphatic rings. The van der Waals surface area contributed by atoms with Crippen LogP contribution in [0.25, 0.3) is 0 Å². The maximum Gasteiger partial charge on any atom is 0.216 e. The standard InChI is InChI=1S/C14H17N3O2/c1-18-11-5-3-4-10(6-11)7-12(15)13-8-14(19-2)17-9-16-13/h3-6,8-9,12H,7,15H2,1-2H3. The first-order valence-electron chi connectivity index (χ1n) is 5.97. The SMILES string of the molecule is COc1cccc(CC(N)c2cc(OC)ncn2)c1. The van der Waals surface area contributed by atoms with Crippen LogP contribution in [0.3, 0.4) is 0 Å². The Bertz CT molecular complexity index is 546. The van der Waals surface area contributed by atoms with Crippen molar-refractivity contribution in [2.24, 2.45) is 5.73 Å². The van der Waals surface area contributed by atoms with Gasteiger partial charge in [-0.1, -0.05) is 12.1 Å². The average molecular weight is 259 g/mol. The van der Waals surface area contributed by atoms with Crippen molar-refractivity contribution in [2.45, 2.75) is 12.5 Å². The predicted molar refractivity (Wildman–Crippen MR) is 72.2 cm³/mol. The van der Waals surface area contributed by atoms with Gasteiger partial charge in [0.1, 0.15) is 12.1 Å². The molecule has 1 heterocycles. The van der Waals surface area contributed by atoms with Gasteiger partial charge in [0.2, 0.25) is 5.88 Å². The minimum Gasteiger partial charge on any atom is -0.497 e. The van der Waals surface area contributed by atoms with Crippen molar-refractivity contribution in [3.63, 3.8) is 0 Å². The number of methoxy groups -OCH3 is 2. The van der Waals surface area contributed by atoms with E-state index in [2.05, 4.69) is 9.97 Å². The number of rotatable bonds is 5. The van der Waals surface area contributed by atoms with Gasteiger partial charge in [-0.2, -0.15) is 0 Å². The Balaban J connectivity index is 2.13. The molecule has 100 valence electrons. The lowest BCUT2D eigenvalue weighted by Gasteiger charge is -2.12. The van der Waals surface area contributed by atoms with E-state index in [9.17, 15) is 0 Å². The molecule has 2 N–H and O–H groups in total. The van der Waals surface area contributed by atoms with E-state index >= 15 is 0 Å². The van der Waals surface area contributed by atoms with Gasteiger partial charge in [-0.25, -0.2) is 9.97 Å². The van der Waals surface area contributed by atoms with Crippen LogP contribution in [0.4, 0.5) is 0 Å². The molecule has 0 saturated heterocycles. The molecule has 1 unspecified atom stereocenters. The fourth-order valence-electron chi connectivity index (χ4n) is 1.83. The lowest BCUT2D eigenvalue weighted by atomic mass is 10.0. The normalized spacial score (nSPS) is 11.9. The maximum absolute atomic E-state index is 6.16. The van der Waals surface area contributed by atoms with Gasteiger partial charge in [-0.15, -0.1) is 0 Å². The zero-order valence-corrected chi connectivity index (χ0v) is 11.0. The first-order chi connectivity index (χ1) is 9.22. The van der Waals surface area contributed by atoms with E-state index in [0.29, 0.717) is 12.3 Å². The van der Waals surface area contributed by atoms with Crippen LogP contribution in [0.15, 0.2) is 36.7 Å². The van der Waals surface area contributed by atoms with Gasteiger partial charge in [0.25, 0.3) is 0 Å². The molecule has 1 atom stereocenters. The van der Waals surface area contributed by atoms with Crippen molar-refractivity contribution in [1.29, 1.82) is 0 Å². The number of nitrogens with zero attached hydrogens (tertiary/aromatic N) is 2. The van der Waals surface area contributed by atoms with E-state index in [1.807, 2.05) is 24.3 Å². The number of hydrogen-bond donors (Lipinski definition) is 1. The second-order valence-electron chi connectivity index (χ2n) is 4.15. The first kappa shape index (κ1) is 13.3. The second-order valence-corrected chi connectivity index (χ2v) is 4.15. The highest BCUT2D eigenvalue weighted by molar-refractivity contribution is 5.30. The van der Waals surface area contributed by atoms with Crippen LogP contribution in [0.2, 0.25) is 0 Å². The Morgan fingerprint density at radius 3 is 2.74 bits per heavy atom. The molecule has 2 aromatic rings. The van der Waals surface area contributed by atoms with Crippen LogP contribution >= 0.6 is 0 Å². The van der Waals surface area contributed by atoms with E-state index in [4.69, 9.17) is 15.2 Å². The van der Waals surface area contributed by atoms with Crippen molar-refractivity contribution in [2.75, 3.05) is 14.2 Å². The molecule has 0 fully saturated rings. The van der Waals surface area contributed by atoms with Gasteiger partial charge < -0.3 is 15.2 Å². The monoisotopic (exact) mass is 259 g/mol. The van der Waals surface area contributed by atoms with Crippen LogP contribution in [0, 0.1) is 0 Å². The van der Waals surface area contributed by atoms with Gasteiger partial charge in [-0.05, 0) is 24.1 Å². The van der Waals surface area contributed by atoms with Crippen LogP contribution in [0.1, 0.15) is 17.3 Å². The summed E-state index contributed by atoms with van der Waals surface area (Å²) in [5.74, 6) is 1.34. The van der Waals surface area contributed by atoms with Gasteiger partial charge in [0.15, 0.2) is 0 Å². The molecule has 5 nitrogen and oxygen atoms in total. The molecule has 0 spiro atoms. The second kappa shape index (κ2) is 6.15. The molecule has 1 aromatic heterocycles. The summed E-state index contributed by atoms with van der Waals surface area (Å²) in [5.41, 5.74) is 8.02. The molecule has 0 bridgehead atoms. The fraction of sp³-hybridized carbons (Fsp3) is 0.286. The molecule has 5 heteroatoms. The van der Waals surface area contributed by atoms with E-state index < -0.39 is 0 Å². The van der Waals surface area contributed by atoms with Gasteiger partial charge in [0, 0.05) is 6.07 Å². The molecule has 0 amide bonds. The Morgan fingerprint density at radius 1 is 1.16 bits per heavy atom. The number of ether oxygens (including phenoxy) is 2. The van der Waals surface area contributed by atoms with E-state index in [1.165, 1.54) is 6.33 Å². The van der Waals surface area contributed by atoms with Crippen molar-refractivity contribution >= 4 is 0 Å². The molecule has 0 aliphatic carbocycles. The quantitative estimate of drug-likeness (QED) is 0.885. The molecular weight excluding hydrogens is 242 g/mol. The van der Waals surface area contributed by atoms with Gasteiger partial charge >= 0.3 is 0 Å². The predicted octanol–water partition coefficient (Wildman–Crippen LogP) is 1.74. The van der Waals surface area contributed by atoms with Crippen LogP contribution in [-0.2, 0) is 6.42 Å². The molecule has 2 rings (SSSR count). The molecule has 0 radical (unpaired) electrons. The van der Waals surface area contributed by atoms with Crippen LogP contribution in [0.5, 0.6) is 11.6 Å². The van der Waals surface area contributed by atoms with Crippen LogP contribution < -0.4 is 15.2 Å².